The third-order valence-corrected chi connectivity index (χ3v) is 3.53. The Hall–Kier alpha value is -2.73. The zero-order valence-electron chi connectivity index (χ0n) is 13.9. The van der Waals surface area contributed by atoms with E-state index in [1.54, 1.807) is 0 Å². The number of aryl methyl sites for hydroxylation is 2. The lowest BCUT2D eigenvalue weighted by Crippen LogP contribution is -2.31. The van der Waals surface area contributed by atoms with Crippen LogP contribution in [0.3, 0.4) is 0 Å². The summed E-state index contributed by atoms with van der Waals surface area (Å²) >= 11 is 0. The van der Waals surface area contributed by atoms with Crippen LogP contribution in [0.4, 0.5) is 0 Å². The maximum Gasteiger partial charge on any atom is 0.0994 e. The third-order valence-electron chi connectivity index (χ3n) is 3.53. The second-order valence-electron chi connectivity index (χ2n) is 5.52. The standard InChI is InChI=1S/C20H21N3/c1-6-13-21-15(3)9-12-19-16(4)23-20(17(5)22-19)18-10-7-14(2)8-11-18/h1,7-8,10-12H,4,9,13H2,2-3,5H3/b19-12+,21-15?. The number of terminal acetylenes is 1. The van der Waals surface area contributed by atoms with Crippen molar-refractivity contribution in [3.8, 4) is 23.6 Å². The minimum atomic E-state index is 0.411. The van der Waals surface area contributed by atoms with Gasteiger partial charge < -0.3 is 0 Å². The first-order valence-corrected chi connectivity index (χ1v) is 7.55. The zero-order valence-corrected chi connectivity index (χ0v) is 13.9. The van der Waals surface area contributed by atoms with Gasteiger partial charge in [-0.25, -0.2) is 9.97 Å². The molecule has 1 aromatic heterocycles. The molecular formula is C20H21N3. The SMILES string of the molecule is C#CCN=C(C)C/C=c1/nc(C)c(-c2ccc(C)cc2)nc1=C. The smallest absolute Gasteiger partial charge is 0.0994 e. The Morgan fingerprint density at radius 2 is 1.96 bits per heavy atom. The van der Waals surface area contributed by atoms with Gasteiger partial charge in [-0.15, -0.1) is 6.42 Å². The Kier molecular flexibility index (Phi) is 5.43. The lowest BCUT2D eigenvalue weighted by Gasteiger charge is -2.05. The normalized spacial score (nSPS) is 12.3. The number of aromatic nitrogens is 2. The lowest BCUT2D eigenvalue weighted by molar-refractivity contribution is 1.04. The molecule has 0 amide bonds. The van der Waals surface area contributed by atoms with E-state index in [1.807, 2.05) is 19.9 Å². The fourth-order valence-electron chi connectivity index (χ4n) is 2.21. The first kappa shape index (κ1) is 16.6. The number of benzene rings is 1. The topological polar surface area (TPSA) is 38.1 Å². The predicted molar refractivity (Wildman–Crippen MR) is 97.6 cm³/mol. The molecule has 0 unspecified atom stereocenters. The van der Waals surface area contributed by atoms with Crippen LogP contribution in [0.5, 0.6) is 0 Å². The van der Waals surface area contributed by atoms with Gasteiger partial charge in [-0.2, -0.15) is 0 Å². The monoisotopic (exact) mass is 303 g/mol. The second kappa shape index (κ2) is 7.51. The van der Waals surface area contributed by atoms with Crippen LogP contribution in [0.1, 0.15) is 24.6 Å². The van der Waals surface area contributed by atoms with Crippen LogP contribution in [0.25, 0.3) is 23.9 Å². The Bertz CT molecular complexity index is 869. The molecule has 0 aliphatic carbocycles. The molecule has 0 bridgehead atoms. The van der Waals surface area contributed by atoms with Crippen LogP contribution in [0, 0.1) is 26.2 Å². The lowest BCUT2D eigenvalue weighted by atomic mass is 10.1. The van der Waals surface area contributed by atoms with E-state index in [4.69, 9.17) is 6.42 Å². The molecule has 116 valence electrons. The first-order chi connectivity index (χ1) is 11.0. The molecule has 3 heteroatoms. The average Bonchev–Trinajstić information content (AvgIpc) is 2.54. The van der Waals surface area contributed by atoms with Crippen LogP contribution >= 0.6 is 0 Å². The zero-order chi connectivity index (χ0) is 16.8. The quantitative estimate of drug-likeness (QED) is 0.643. The van der Waals surface area contributed by atoms with Gasteiger partial charge in [-0.3, -0.25) is 4.99 Å². The Labute approximate surface area is 137 Å². The van der Waals surface area contributed by atoms with Crippen molar-refractivity contribution in [3.05, 3.63) is 46.2 Å². The van der Waals surface area contributed by atoms with Gasteiger partial charge in [0.15, 0.2) is 0 Å². The van der Waals surface area contributed by atoms with Crippen molar-refractivity contribution in [2.24, 2.45) is 4.99 Å². The van der Waals surface area contributed by atoms with Gasteiger partial charge in [0.05, 0.1) is 28.6 Å². The molecule has 0 atom stereocenters. The molecule has 2 rings (SSSR count). The van der Waals surface area contributed by atoms with Gasteiger partial charge in [-0.1, -0.05) is 48.4 Å². The molecule has 0 fully saturated rings. The van der Waals surface area contributed by atoms with Crippen LogP contribution in [0.15, 0.2) is 29.3 Å². The molecule has 0 N–H and O–H groups in total. The minimum absolute atomic E-state index is 0.411. The summed E-state index contributed by atoms with van der Waals surface area (Å²) < 4.78 is 0. The third kappa shape index (κ3) is 4.37. The van der Waals surface area contributed by atoms with Crippen molar-refractivity contribution < 1.29 is 0 Å². The number of rotatable bonds is 4. The molecule has 0 aliphatic heterocycles. The molecule has 3 nitrogen and oxygen atoms in total. The maximum absolute atomic E-state index is 5.21. The summed E-state index contributed by atoms with van der Waals surface area (Å²) in [6.45, 7) is 10.4. The van der Waals surface area contributed by atoms with Crippen LogP contribution < -0.4 is 10.7 Å². The molecule has 0 saturated carbocycles. The fraction of sp³-hybridized carbons (Fsp3) is 0.250. The molecule has 1 heterocycles. The summed E-state index contributed by atoms with van der Waals surface area (Å²) in [4.78, 5) is 13.5. The van der Waals surface area contributed by atoms with Gasteiger partial charge in [0.2, 0.25) is 0 Å². The van der Waals surface area contributed by atoms with Crippen molar-refractivity contribution in [1.82, 2.24) is 9.97 Å². The highest BCUT2D eigenvalue weighted by molar-refractivity contribution is 5.86. The fourth-order valence-corrected chi connectivity index (χ4v) is 2.21. The van der Waals surface area contributed by atoms with Crippen molar-refractivity contribution in [2.75, 3.05) is 6.54 Å². The molecule has 0 saturated heterocycles. The van der Waals surface area contributed by atoms with Gasteiger partial charge >= 0.3 is 0 Å². The van der Waals surface area contributed by atoms with E-state index >= 15 is 0 Å². The molecule has 0 aliphatic rings. The number of hydrogen-bond donors (Lipinski definition) is 0. The van der Waals surface area contributed by atoms with Gasteiger partial charge in [0, 0.05) is 17.7 Å². The largest absolute Gasteiger partial charge is 0.281 e. The molecule has 23 heavy (non-hydrogen) atoms. The number of aliphatic imine (C=N–C) groups is 1. The summed E-state index contributed by atoms with van der Waals surface area (Å²) in [5.41, 5.74) is 5.03. The average molecular weight is 303 g/mol. The molecule has 0 radical (unpaired) electrons. The molecule has 0 spiro atoms. The molecule has 2 aromatic rings. The van der Waals surface area contributed by atoms with E-state index in [0.29, 0.717) is 18.3 Å². The van der Waals surface area contributed by atoms with Gasteiger partial charge in [-0.05, 0) is 20.8 Å². The number of nitrogens with zero attached hydrogens (tertiary/aromatic N) is 3. The highest BCUT2D eigenvalue weighted by Crippen LogP contribution is 2.17. The van der Waals surface area contributed by atoms with E-state index in [9.17, 15) is 0 Å². The minimum Gasteiger partial charge on any atom is -0.281 e. The Morgan fingerprint density at radius 3 is 2.61 bits per heavy atom. The number of hydrogen-bond acceptors (Lipinski definition) is 3. The van der Waals surface area contributed by atoms with Crippen LogP contribution in [-0.4, -0.2) is 22.2 Å². The van der Waals surface area contributed by atoms with Crippen molar-refractivity contribution in [3.63, 3.8) is 0 Å². The second-order valence-corrected chi connectivity index (χ2v) is 5.52. The Balaban J connectivity index is 2.36. The molecular weight excluding hydrogens is 282 g/mol. The summed E-state index contributed by atoms with van der Waals surface area (Å²) in [6.07, 6.45) is 7.90. The van der Waals surface area contributed by atoms with E-state index in [0.717, 1.165) is 28.0 Å². The van der Waals surface area contributed by atoms with Crippen molar-refractivity contribution in [1.29, 1.82) is 0 Å². The summed E-state index contributed by atoms with van der Waals surface area (Å²) in [5.74, 6) is 2.51. The van der Waals surface area contributed by atoms with Crippen molar-refractivity contribution >= 4 is 18.4 Å². The van der Waals surface area contributed by atoms with Crippen molar-refractivity contribution in [2.45, 2.75) is 27.2 Å². The highest BCUT2D eigenvalue weighted by atomic mass is 14.8. The Morgan fingerprint density at radius 1 is 1.26 bits per heavy atom. The van der Waals surface area contributed by atoms with E-state index in [2.05, 4.69) is 58.6 Å². The van der Waals surface area contributed by atoms with E-state index in [-0.39, 0.29) is 0 Å². The summed E-state index contributed by atoms with van der Waals surface area (Å²) in [7, 11) is 0. The highest BCUT2D eigenvalue weighted by Gasteiger charge is 2.05. The van der Waals surface area contributed by atoms with E-state index < -0.39 is 0 Å². The predicted octanol–water partition coefficient (Wildman–Crippen LogP) is 2.44. The van der Waals surface area contributed by atoms with Crippen LogP contribution in [-0.2, 0) is 0 Å². The molecule has 1 aromatic carbocycles. The van der Waals surface area contributed by atoms with Gasteiger partial charge in [0.1, 0.15) is 0 Å². The summed E-state index contributed by atoms with van der Waals surface area (Å²) in [5, 5.41) is 1.48. The van der Waals surface area contributed by atoms with E-state index in [1.165, 1.54) is 5.56 Å². The van der Waals surface area contributed by atoms with Gasteiger partial charge in [0.25, 0.3) is 0 Å². The summed E-state index contributed by atoms with van der Waals surface area (Å²) in [6, 6.07) is 8.27. The van der Waals surface area contributed by atoms with Crippen LogP contribution in [0.2, 0.25) is 0 Å². The first-order valence-electron chi connectivity index (χ1n) is 7.55. The maximum atomic E-state index is 5.21.